The van der Waals surface area contributed by atoms with E-state index >= 15 is 0 Å². The number of hydrogen-bond acceptors (Lipinski definition) is 4. The first kappa shape index (κ1) is 13.4. The van der Waals surface area contributed by atoms with Crippen molar-refractivity contribution in [1.82, 2.24) is 4.90 Å². The van der Waals surface area contributed by atoms with Crippen LogP contribution in [-0.4, -0.2) is 42.8 Å². The van der Waals surface area contributed by atoms with Gasteiger partial charge in [0.15, 0.2) is 0 Å². The molecule has 0 heterocycles. The minimum Gasteiger partial charge on any atom is -0.460 e. The van der Waals surface area contributed by atoms with E-state index in [0.29, 0.717) is 5.57 Å². The molecule has 5 heteroatoms. The lowest BCUT2D eigenvalue weighted by molar-refractivity contribution is -0.145. The fourth-order valence-corrected chi connectivity index (χ4v) is 0.732. The van der Waals surface area contributed by atoms with Gasteiger partial charge in [-0.05, 0) is 13.8 Å². The minimum atomic E-state index is -0.645. The zero-order chi connectivity index (χ0) is 12.0. The first-order chi connectivity index (χ1) is 6.90. The lowest BCUT2D eigenvalue weighted by Crippen LogP contribution is -2.39. The van der Waals surface area contributed by atoms with Crippen LogP contribution < -0.4 is 0 Å². The highest BCUT2D eigenvalue weighted by Gasteiger charge is 2.16. The van der Waals surface area contributed by atoms with Crippen LogP contribution >= 0.6 is 0 Å². The highest BCUT2D eigenvalue weighted by Crippen LogP contribution is 1.99. The Labute approximate surface area is 88.7 Å². The van der Waals surface area contributed by atoms with Gasteiger partial charge in [0.1, 0.15) is 6.61 Å². The first-order valence-corrected chi connectivity index (χ1v) is 4.44. The number of likely N-dealkylation sites (N-methyl/N-ethyl adjacent to an activating group) is 1. The molecule has 1 amide bonds. The van der Waals surface area contributed by atoms with Crippen molar-refractivity contribution in [3.63, 3.8) is 0 Å². The molecule has 0 aliphatic rings. The van der Waals surface area contributed by atoms with Crippen LogP contribution in [-0.2, 0) is 19.1 Å². The maximum atomic E-state index is 11.0. The van der Waals surface area contributed by atoms with E-state index in [1.807, 2.05) is 0 Å². The molecule has 5 nitrogen and oxygen atoms in total. The van der Waals surface area contributed by atoms with E-state index in [9.17, 15) is 14.4 Å². The molecule has 0 saturated carbocycles. The predicted octanol–water partition coefficient (Wildman–Crippen LogP) is 0.151. The molecule has 0 fully saturated rings. The molecule has 0 aromatic carbocycles. The quantitative estimate of drug-likeness (QED) is 0.282. The standard InChI is InChI=1S/C10H15NO4/c1-7(2)10(14)15-6-8(3)11(4)9(13)5-12/h5,8H,1,6H2,2-4H3. The third-order valence-electron chi connectivity index (χ3n) is 1.91. The van der Waals surface area contributed by atoms with Gasteiger partial charge in [-0.25, -0.2) is 4.79 Å². The van der Waals surface area contributed by atoms with E-state index in [2.05, 4.69) is 6.58 Å². The van der Waals surface area contributed by atoms with Gasteiger partial charge in [0.05, 0.1) is 6.04 Å². The van der Waals surface area contributed by atoms with Gasteiger partial charge < -0.3 is 9.64 Å². The summed E-state index contributed by atoms with van der Waals surface area (Å²) < 4.78 is 4.83. The number of carbonyl (C=O) groups is 3. The summed E-state index contributed by atoms with van der Waals surface area (Å²) in [5.74, 6) is -1.15. The summed E-state index contributed by atoms with van der Waals surface area (Å²) in [6.45, 7) is 6.67. The summed E-state index contributed by atoms with van der Waals surface area (Å²) in [7, 11) is 1.47. The first-order valence-electron chi connectivity index (χ1n) is 4.44. The Hall–Kier alpha value is -1.65. The van der Waals surface area contributed by atoms with Gasteiger partial charge in [-0.1, -0.05) is 6.58 Å². The lowest BCUT2D eigenvalue weighted by atomic mass is 10.3. The largest absolute Gasteiger partial charge is 0.460 e. The molecule has 1 atom stereocenters. The van der Waals surface area contributed by atoms with Gasteiger partial charge in [-0.3, -0.25) is 9.59 Å². The molecule has 0 aromatic rings. The molecule has 0 aliphatic heterocycles. The van der Waals surface area contributed by atoms with Crippen LogP contribution in [0.3, 0.4) is 0 Å². The highest BCUT2D eigenvalue weighted by atomic mass is 16.5. The fourth-order valence-electron chi connectivity index (χ4n) is 0.732. The Morgan fingerprint density at radius 1 is 1.53 bits per heavy atom. The number of aldehydes is 1. The molecule has 0 aromatic heterocycles. The molecule has 0 spiro atoms. The number of esters is 1. The molecular weight excluding hydrogens is 198 g/mol. The number of carbonyl (C=O) groups excluding carboxylic acids is 3. The number of ether oxygens (including phenoxy) is 1. The normalized spacial score (nSPS) is 11.4. The number of nitrogens with zero attached hydrogens (tertiary/aromatic N) is 1. The van der Waals surface area contributed by atoms with Crippen molar-refractivity contribution in [3.8, 4) is 0 Å². The second-order valence-electron chi connectivity index (χ2n) is 3.29. The zero-order valence-electron chi connectivity index (χ0n) is 9.15. The third-order valence-corrected chi connectivity index (χ3v) is 1.91. The topological polar surface area (TPSA) is 63.7 Å². The summed E-state index contributed by atoms with van der Waals surface area (Å²) in [4.78, 5) is 33.3. The maximum Gasteiger partial charge on any atom is 0.333 e. The summed E-state index contributed by atoms with van der Waals surface area (Å²) in [6.07, 6.45) is 0.219. The van der Waals surface area contributed by atoms with Crippen molar-refractivity contribution in [2.75, 3.05) is 13.7 Å². The zero-order valence-corrected chi connectivity index (χ0v) is 9.15. The van der Waals surface area contributed by atoms with Crippen LogP contribution in [0.4, 0.5) is 0 Å². The SMILES string of the molecule is C=C(C)C(=O)OCC(C)N(C)C(=O)C=O. The number of rotatable bonds is 5. The van der Waals surface area contributed by atoms with Gasteiger partial charge in [-0.15, -0.1) is 0 Å². The summed E-state index contributed by atoms with van der Waals surface area (Å²) in [5, 5.41) is 0. The van der Waals surface area contributed by atoms with Crippen LogP contribution in [0.1, 0.15) is 13.8 Å². The number of hydrogen-bond donors (Lipinski definition) is 0. The molecule has 0 radical (unpaired) electrons. The lowest BCUT2D eigenvalue weighted by Gasteiger charge is -2.22. The molecule has 1 unspecified atom stereocenters. The highest BCUT2D eigenvalue weighted by molar-refractivity contribution is 6.23. The van der Waals surface area contributed by atoms with Gasteiger partial charge in [0.25, 0.3) is 5.91 Å². The molecule has 0 saturated heterocycles. The van der Waals surface area contributed by atoms with E-state index in [0.717, 1.165) is 0 Å². The van der Waals surface area contributed by atoms with E-state index < -0.39 is 11.9 Å². The fraction of sp³-hybridized carbons (Fsp3) is 0.500. The van der Waals surface area contributed by atoms with E-state index in [1.165, 1.54) is 18.9 Å². The predicted molar refractivity (Wildman–Crippen MR) is 54.1 cm³/mol. The molecule has 0 rings (SSSR count). The Morgan fingerprint density at radius 3 is 2.47 bits per heavy atom. The average molecular weight is 213 g/mol. The van der Waals surface area contributed by atoms with Gasteiger partial charge in [0.2, 0.25) is 6.29 Å². The van der Waals surface area contributed by atoms with Crippen molar-refractivity contribution in [2.24, 2.45) is 0 Å². The van der Waals surface area contributed by atoms with Crippen LogP contribution in [0, 0.1) is 0 Å². The van der Waals surface area contributed by atoms with Crippen LogP contribution in [0.2, 0.25) is 0 Å². The molecule has 0 bridgehead atoms. The maximum absolute atomic E-state index is 11.0. The van der Waals surface area contributed by atoms with Gasteiger partial charge in [0, 0.05) is 12.6 Å². The molecular formula is C10H15NO4. The Bertz CT molecular complexity index is 285. The average Bonchev–Trinajstić information content (AvgIpc) is 2.22. The monoisotopic (exact) mass is 213 g/mol. The van der Waals surface area contributed by atoms with E-state index in [4.69, 9.17) is 4.74 Å². The Morgan fingerprint density at radius 2 is 2.07 bits per heavy atom. The second-order valence-corrected chi connectivity index (χ2v) is 3.29. The second kappa shape index (κ2) is 5.95. The summed E-state index contributed by atoms with van der Waals surface area (Å²) >= 11 is 0. The van der Waals surface area contributed by atoms with Crippen LogP contribution in [0.5, 0.6) is 0 Å². The van der Waals surface area contributed by atoms with Crippen LogP contribution in [0.25, 0.3) is 0 Å². The molecule has 0 N–H and O–H groups in total. The Balaban J connectivity index is 4.09. The minimum absolute atomic E-state index is 0.0434. The van der Waals surface area contributed by atoms with Crippen molar-refractivity contribution >= 4 is 18.2 Å². The number of amides is 1. The van der Waals surface area contributed by atoms with Crippen molar-refractivity contribution in [1.29, 1.82) is 0 Å². The molecule has 15 heavy (non-hydrogen) atoms. The van der Waals surface area contributed by atoms with Gasteiger partial charge in [-0.2, -0.15) is 0 Å². The smallest absolute Gasteiger partial charge is 0.333 e. The van der Waals surface area contributed by atoms with Crippen LogP contribution in [0.15, 0.2) is 12.2 Å². The summed E-state index contributed by atoms with van der Waals surface area (Å²) in [6, 6.07) is -0.342. The van der Waals surface area contributed by atoms with Gasteiger partial charge >= 0.3 is 5.97 Å². The van der Waals surface area contributed by atoms with Crippen molar-refractivity contribution < 1.29 is 19.1 Å². The van der Waals surface area contributed by atoms with E-state index in [1.54, 1.807) is 6.92 Å². The molecule has 84 valence electrons. The molecule has 0 aliphatic carbocycles. The Kier molecular flexibility index (Phi) is 5.30. The summed E-state index contributed by atoms with van der Waals surface area (Å²) in [5.41, 5.74) is 0.298. The van der Waals surface area contributed by atoms with Crippen molar-refractivity contribution in [3.05, 3.63) is 12.2 Å². The third kappa shape index (κ3) is 4.39. The van der Waals surface area contributed by atoms with Crippen molar-refractivity contribution in [2.45, 2.75) is 19.9 Å². The van der Waals surface area contributed by atoms with E-state index in [-0.39, 0.29) is 18.9 Å².